The number of carbonyl (C=O) groups excluding carboxylic acids is 1. The van der Waals surface area contributed by atoms with Gasteiger partial charge in [0.25, 0.3) is 0 Å². The van der Waals surface area contributed by atoms with E-state index in [9.17, 15) is 20.3 Å². The second-order valence-electron chi connectivity index (χ2n) is 10.7. The van der Waals surface area contributed by atoms with E-state index in [0.29, 0.717) is 24.3 Å². The van der Waals surface area contributed by atoms with Gasteiger partial charge in [0, 0.05) is 5.92 Å². The lowest BCUT2D eigenvalue weighted by molar-refractivity contribution is -0.178. The van der Waals surface area contributed by atoms with Gasteiger partial charge in [-0.05, 0) is 29.7 Å². The van der Waals surface area contributed by atoms with Crippen LogP contribution in [0.5, 0.6) is 11.5 Å². The van der Waals surface area contributed by atoms with E-state index in [1.165, 1.54) is 19.5 Å². The summed E-state index contributed by atoms with van der Waals surface area (Å²) < 4.78 is 18.0. The number of hydrogen-bond acceptors (Lipinski definition) is 8. The number of carbonyl (C=O) groups is 1. The molecule has 1 aromatic heterocycles. The molecule has 0 unspecified atom stereocenters. The van der Waals surface area contributed by atoms with E-state index in [0.717, 1.165) is 12.0 Å². The Labute approximate surface area is 225 Å². The maximum absolute atomic E-state index is 14.4. The summed E-state index contributed by atoms with van der Waals surface area (Å²) in [6.07, 6.45) is 2.26. The molecule has 4 aliphatic rings. The summed E-state index contributed by atoms with van der Waals surface area (Å²) in [6.45, 7) is 0.899. The SMILES string of the molecule is COc1cncc2c1[C@]1(O)[C@H](O)[C@H](C(=O)N3[C@@H]4COC[C@H]3C4)[C@@H](c3ccccc3)[C@]1(c1ccc(C#N)cc1)O2. The topological polar surface area (TPSA) is 125 Å². The van der Waals surface area contributed by atoms with Crippen LogP contribution in [0, 0.1) is 17.2 Å². The minimum Gasteiger partial charge on any atom is -0.495 e. The zero-order valence-corrected chi connectivity index (χ0v) is 21.2. The Kier molecular flexibility index (Phi) is 5.26. The Morgan fingerprint density at radius 1 is 1.13 bits per heavy atom. The van der Waals surface area contributed by atoms with Crippen molar-refractivity contribution in [2.75, 3.05) is 20.3 Å². The van der Waals surface area contributed by atoms with Gasteiger partial charge in [-0.2, -0.15) is 5.26 Å². The van der Waals surface area contributed by atoms with E-state index in [2.05, 4.69) is 11.1 Å². The number of nitrogens with zero attached hydrogens (tertiary/aromatic N) is 3. The molecule has 7 rings (SSSR count). The molecule has 0 spiro atoms. The van der Waals surface area contributed by atoms with Crippen molar-refractivity contribution in [3.8, 4) is 17.6 Å². The molecule has 2 N–H and O–H groups in total. The third-order valence-corrected chi connectivity index (χ3v) is 8.97. The highest BCUT2D eigenvalue weighted by atomic mass is 16.5. The fourth-order valence-corrected chi connectivity index (χ4v) is 7.33. The van der Waals surface area contributed by atoms with Crippen molar-refractivity contribution in [3.05, 3.63) is 89.2 Å². The van der Waals surface area contributed by atoms with Gasteiger partial charge in [-0.15, -0.1) is 0 Å². The molecule has 9 heteroatoms. The number of aliphatic hydroxyl groups excluding tert-OH is 1. The summed E-state index contributed by atoms with van der Waals surface area (Å²) in [4.78, 5) is 20.4. The van der Waals surface area contributed by atoms with Gasteiger partial charge in [0.15, 0.2) is 11.2 Å². The summed E-state index contributed by atoms with van der Waals surface area (Å²) in [6, 6.07) is 18.1. The van der Waals surface area contributed by atoms with Gasteiger partial charge in [-0.1, -0.05) is 42.5 Å². The number of aromatic nitrogens is 1. The van der Waals surface area contributed by atoms with Crippen LogP contribution in [0.4, 0.5) is 0 Å². The lowest BCUT2D eigenvalue weighted by atomic mass is 9.70. The number of pyridine rings is 1. The van der Waals surface area contributed by atoms with E-state index in [4.69, 9.17) is 14.2 Å². The number of hydrogen-bond donors (Lipinski definition) is 2. The van der Waals surface area contributed by atoms with Gasteiger partial charge in [0.1, 0.15) is 17.6 Å². The lowest BCUT2D eigenvalue weighted by Crippen LogP contribution is -2.67. The predicted octanol–water partition coefficient (Wildman–Crippen LogP) is 2.21. The van der Waals surface area contributed by atoms with Crippen molar-refractivity contribution in [1.82, 2.24) is 9.88 Å². The molecule has 2 saturated heterocycles. The summed E-state index contributed by atoms with van der Waals surface area (Å²) in [5, 5.41) is 34.5. The number of nitriles is 1. The van der Waals surface area contributed by atoms with E-state index in [1.807, 2.05) is 35.2 Å². The number of ether oxygens (including phenoxy) is 3. The minimum atomic E-state index is -2.08. The van der Waals surface area contributed by atoms with Gasteiger partial charge < -0.3 is 29.3 Å². The molecule has 3 fully saturated rings. The molecule has 1 aliphatic carbocycles. The Bertz CT molecular complexity index is 1480. The van der Waals surface area contributed by atoms with Crippen LogP contribution in [0.3, 0.4) is 0 Å². The summed E-state index contributed by atoms with van der Waals surface area (Å²) in [7, 11) is 1.46. The second-order valence-corrected chi connectivity index (χ2v) is 10.7. The molecule has 0 radical (unpaired) electrons. The number of fused-ring (bicyclic) bond motifs is 5. The van der Waals surface area contributed by atoms with Crippen LogP contribution in [0.2, 0.25) is 0 Å². The normalized spacial score (nSPS) is 33.8. The fourth-order valence-electron chi connectivity index (χ4n) is 7.33. The number of rotatable bonds is 4. The molecule has 7 atom stereocenters. The highest BCUT2D eigenvalue weighted by Crippen LogP contribution is 2.70. The van der Waals surface area contributed by atoms with Crippen LogP contribution >= 0.6 is 0 Å². The second kappa shape index (κ2) is 8.52. The first kappa shape index (κ1) is 24.1. The van der Waals surface area contributed by atoms with E-state index in [-0.39, 0.29) is 35.1 Å². The van der Waals surface area contributed by atoms with E-state index in [1.54, 1.807) is 24.3 Å². The molecule has 1 amide bonds. The van der Waals surface area contributed by atoms with Gasteiger partial charge in [0.2, 0.25) is 5.91 Å². The molecule has 3 aromatic rings. The van der Waals surface area contributed by atoms with Gasteiger partial charge >= 0.3 is 0 Å². The Hall–Kier alpha value is -3.97. The third-order valence-electron chi connectivity index (χ3n) is 8.97. The van der Waals surface area contributed by atoms with Gasteiger partial charge in [-0.25, -0.2) is 0 Å². The minimum absolute atomic E-state index is 0.0623. The average Bonchev–Trinajstić information content (AvgIpc) is 3.36. The summed E-state index contributed by atoms with van der Waals surface area (Å²) in [5.41, 5.74) is -1.77. The highest BCUT2D eigenvalue weighted by Gasteiger charge is 2.78. The molecule has 3 aliphatic heterocycles. The maximum Gasteiger partial charge on any atom is 0.229 e. The smallest absolute Gasteiger partial charge is 0.229 e. The number of morpholine rings is 1. The van der Waals surface area contributed by atoms with Crippen LogP contribution in [0.25, 0.3) is 0 Å². The molecule has 2 bridgehead atoms. The van der Waals surface area contributed by atoms with Crippen molar-refractivity contribution in [1.29, 1.82) is 5.26 Å². The highest BCUT2D eigenvalue weighted by molar-refractivity contribution is 5.84. The van der Waals surface area contributed by atoms with Crippen LogP contribution in [0.15, 0.2) is 67.0 Å². The van der Waals surface area contributed by atoms with E-state index < -0.39 is 29.1 Å². The first-order chi connectivity index (χ1) is 19.0. The molecular formula is C30H27N3O6. The zero-order chi connectivity index (χ0) is 26.9. The number of methoxy groups -OCH3 is 1. The zero-order valence-electron chi connectivity index (χ0n) is 21.2. The number of amides is 1. The van der Waals surface area contributed by atoms with Crippen molar-refractivity contribution in [2.45, 2.75) is 41.7 Å². The molecular weight excluding hydrogens is 498 g/mol. The molecule has 1 saturated carbocycles. The molecule has 198 valence electrons. The van der Waals surface area contributed by atoms with Crippen molar-refractivity contribution in [2.24, 2.45) is 5.92 Å². The fraction of sp³-hybridized carbons (Fsp3) is 0.367. The Morgan fingerprint density at radius 2 is 1.85 bits per heavy atom. The molecule has 9 nitrogen and oxygen atoms in total. The average molecular weight is 526 g/mol. The number of aliphatic hydroxyl groups is 2. The predicted molar refractivity (Wildman–Crippen MR) is 137 cm³/mol. The van der Waals surface area contributed by atoms with Gasteiger partial charge in [-0.3, -0.25) is 9.78 Å². The standard InChI is InChI=1S/C30H27N3O6/c1-37-22-13-32-14-23-26(22)29(36)27(34)24(28(35)33-20-11-21(33)16-38-15-20)25(18-5-3-2-4-6-18)30(29,39-23)19-9-7-17(12-31)8-10-19/h2-10,13-14,20-21,24-25,27,34,36H,11,15-16H2,1H3/t20-,21+,24-,25-,27-,29+,30+/m1/s1. The van der Waals surface area contributed by atoms with Crippen LogP contribution in [-0.4, -0.2) is 64.5 Å². The molecule has 2 aromatic carbocycles. The molecule has 4 heterocycles. The van der Waals surface area contributed by atoms with Crippen LogP contribution in [0.1, 0.15) is 34.6 Å². The lowest BCUT2D eigenvalue weighted by Gasteiger charge is -2.53. The number of benzene rings is 2. The Balaban J connectivity index is 1.50. The summed E-state index contributed by atoms with van der Waals surface area (Å²) >= 11 is 0. The summed E-state index contributed by atoms with van der Waals surface area (Å²) in [5.74, 6) is -1.56. The van der Waals surface area contributed by atoms with E-state index >= 15 is 0 Å². The van der Waals surface area contributed by atoms with Crippen molar-refractivity contribution in [3.63, 3.8) is 0 Å². The first-order valence-corrected chi connectivity index (χ1v) is 13.0. The maximum atomic E-state index is 14.4. The Morgan fingerprint density at radius 3 is 2.49 bits per heavy atom. The van der Waals surface area contributed by atoms with Crippen molar-refractivity contribution < 1.29 is 29.2 Å². The van der Waals surface area contributed by atoms with Gasteiger partial charge in [0.05, 0.1) is 67.9 Å². The van der Waals surface area contributed by atoms with Crippen LogP contribution < -0.4 is 9.47 Å². The first-order valence-electron chi connectivity index (χ1n) is 13.0. The quantitative estimate of drug-likeness (QED) is 0.531. The molecule has 39 heavy (non-hydrogen) atoms. The monoisotopic (exact) mass is 525 g/mol. The van der Waals surface area contributed by atoms with Crippen molar-refractivity contribution >= 4 is 5.91 Å². The third kappa shape index (κ3) is 2.99. The van der Waals surface area contributed by atoms with Crippen LogP contribution in [-0.2, 0) is 20.7 Å². The largest absolute Gasteiger partial charge is 0.495 e.